The lowest BCUT2D eigenvalue weighted by Crippen LogP contribution is -2.24. The molecule has 3 nitrogen and oxygen atoms in total. The predicted octanol–water partition coefficient (Wildman–Crippen LogP) is 3.29. The highest BCUT2D eigenvalue weighted by atomic mass is 15.1. The molecule has 0 fully saturated rings. The Morgan fingerprint density at radius 2 is 2.12 bits per heavy atom. The van der Waals surface area contributed by atoms with Crippen molar-refractivity contribution in [2.45, 2.75) is 52.5 Å². The molecule has 0 aromatic carbocycles. The first-order chi connectivity index (χ1) is 8.15. The third kappa shape index (κ3) is 4.90. The van der Waals surface area contributed by atoms with Gasteiger partial charge in [0.1, 0.15) is 0 Å². The molecule has 0 saturated carbocycles. The van der Waals surface area contributed by atoms with Crippen LogP contribution in [0, 0.1) is 5.92 Å². The van der Waals surface area contributed by atoms with Crippen molar-refractivity contribution in [3.63, 3.8) is 0 Å². The minimum absolute atomic E-state index is 0.459. The van der Waals surface area contributed by atoms with Gasteiger partial charge in [-0.3, -0.25) is 0 Å². The molecule has 1 aromatic heterocycles. The number of hydrogen-bond donors (Lipinski definition) is 1. The Bertz CT molecular complexity index is 304. The number of aromatic nitrogens is 2. The quantitative estimate of drug-likeness (QED) is 0.752. The number of imidazole rings is 1. The smallest absolute Gasteiger partial charge is 0.0946 e. The second-order valence-corrected chi connectivity index (χ2v) is 5.26. The normalized spacial score (nSPS) is 13.2. The maximum atomic E-state index is 4.22. The molecular weight excluding hydrogens is 210 g/mol. The molecule has 17 heavy (non-hydrogen) atoms. The van der Waals surface area contributed by atoms with Crippen LogP contribution in [0.15, 0.2) is 12.5 Å². The third-order valence-corrected chi connectivity index (χ3v) is 3.13. The molecule has 1 heterocycles. The van der Waals surface area contributed by atoms with Gasteiger partial charge in [0.25, 0.3) is 0 Å². The minimum atomic E-state index is 0.459. The fraction of sp³-hybridized carbons (Fsp3) is 0.786. The largest absolute Gasteiger partial charge is 0.336 e. The van der Waals surface area contributed by atoms with Gasteiger partial charge in [-0.1, -0.05) is 33.6 Å². The highest BCUT2D eigenvalue weighted by Crippen LogP contribution is 2.20. The summed E-state index contributed by atoms with van der Waals surface area (Å²) in [7, 11) is 2.07. The fourth-order valence-corrected chi connectivity index (χ4v) is 2.11. The fourth-order valence-electron chi connectivity index (χ4n) is 2.11. The monoisotopic (exact) mass is 237 g/mol. The topological polar surface area (TPSA) is 29.9 Å². The van der Waals surface area contributed by atoms with E-state index >= 15 is 0 Å². The van der Waals surface area contributed by atoms with Gasteiger partial charge in [0.05, 0.1) is 12.0 Å². The second kappa shape index (κ2) is 7.49. The molecule has 0 radical (unpaired) electrons. The van der Waals surface area contributed by atoms with Crippen molar-refractivity contribution in [3.05, 3.63) is 18.2 Å². The summed E-state index contributed by atoms with van der Waals surface area (Å²) in [6, 6.07) is 0.459. The Morgan fingerprint density at radius 1 is 1.35 bits per heavy atom. The van der Waals surface area contributed by atoms with Gasteiger partial charge in [0.15, 0.2) is 0 Å². The van der Waals surface area contributed by atoms with Crippen molar-refractivity contribution in [2.75, 3.05) is 6.54 Å². The number of aryl methyl sites for hydroxylation is 1. The lowest BCUT2D eigenvalue weighted by molar-refractivity contribution is 0.434. The average Bonchev–Trinajstić information content (AvgIpc) is 2.69. The molecule has 1 N–H and O–H groups in total. The van der Waals surface area contributed by atoms with Gasteiger partial charge in [-0.25, -0.2) is 4.98 Å². The van der Waals surface area contributed by atoms with Crippen LogP contribution in [0.5, 0.6) is 0 Å². The van der Waals surface area contributed by atoms with E-state index in [1.54, 1.807) is 0 Å². The summed E-state index contributed by atoms with van der Waals surface area (Å²) < 4.78 is 2.13. The van der Waals surface area contributed by atoms with Gasteiger partial charge >= 0.3 is 0 Å². The lowest BCUT2D eigenvalue weighted by atomic mass is 10.0. The van der Waals surface area contributed by atoms with Gasteiger partial charge in [-0.05, 0) is 25.3 Å². The van der Waals surface area contributed by atoms with Crippen LogP contribution < -0.4 is 5.32 Å². The SMILES string of the molecule is CCCNC(CCCC(C)C)c1cncn1C. The molecule has 0 aliphatic carbocycles. The van der Waals surface area contributed by atoms with Gasteiger partial charge in [-0.2, -0.15) is 0 Å². The molecule has 1 unspecified atom stereocenters. The standard InChI is InChI=1S/C14H27N3/c1-5-9-16-13(8-6-7-12(2)3)14-10-15-11-17(14)4/h10-13,16H,5-9H2,1-4H3. The zero-order valence-corrected chi connectivity index (χ0v) is 11.7. The Hall–Kier alpha value is -0.830. The molecule has 1 atom stereocenters. The summed E-state index contributed by atoms with van der Waals surface area (Å²) in [4.78, 5) is 4.22. The molecule has 0 bridgehead atoms. The van der Waals surface area contributed by atoms with Crippen LogP contribution in [0.3, 0.4) is 0 Å². The van der Waals surface area contributed by atoms with E-state index < -0.39 is 0 Å². The van der Waals surface area contributed by atoms with Crippen molar-refractivity contribution in [1.82, 2.24) is 14.9 Å². The van der Waals surface area contributed by atoms with E-state index in [1.807, 2.05) is 12.5 Å². The van der Waals surface area contributed by atoms with Gasteiger partial charge < -0.3 is 9.88 Å². The summed E-state index contributed by atoms with van der Waals surface area (Å²) in [5, 5.41) is 3.63. The van der Waals surface area contributed by atoms with Gasteiger partial charge in [0, 0.05) is 19.3 Å². The van der Waals surface area contributed by atoms with Crippen LogP contribution in [0.4, 0.5) is 0 Å². The summed E-state index contributed by atoms with van der Waals surface area (Å²) >= 11 is 0. The number of nitrogens with one attached hydrogen (secondary N) is 1. The molecule has 0 saturated heterocycles. The molecule has 0 aliphatic rings. The molecule has 98 valence electrons. The van der Waals surface area contributed by atoms with Crippen LogP contribution in [-0.4, -0.2) is 16.1 Å². The highest BCUT2D eigenvalue weighted by molar-refractivity contribution is 5.04. The van der Waals surface area contributed by atoms with Crippen LogP contribution in [0.25, 0.3) is 0 Å². The Labute approximate surface area is 106 Å². The number of nitrogens with zero attached hydrogens (tertiary/aromatic N) is 2. The van der Waals surface area contributed by atoms with E-state index in [9.17, 15) is 0 Å². The maximum Gasteiger partial charge on any atom is 0.0946 e. The highest BCUT2D eigenvalue weighted by Gasteiger charge is 2.13. The van der Waals surface area contributed by atoms with Crippen LogP contribution in [-0.2, 0) is 7.05 Å². The van der Waals surface area contributed by atoms with E-state index in [0.29, 0.717) is 6.04 Å². The van der Waals surface area contributed by atoms with E-state index in [0.717, 1.165) is 12.5 Å². The van der Waals surface area contributed by atoms with Gasteiger partial charge in [0.2, 0.25) is 0 Å². The van der Waals surface area contributed by atoms with Crippen LogP contribution in [0.1, 0.15) is 58.2 Å². The Balaban J connectivity index is 2.52. The van der Waals surface area contributed by atoms with Crippen molar-refractivity contribution < 1.29 is 0 Å². The predicted molar refractivity (Wildman–Crippen MR) is 72.9 cm³/mol. The van der Waals surface area contributed by atoms with Crippen molar-refractivity contribution in [2.24, 2.45) is 13.0 Å². The first-order valence-corrected chi connectivity index (χ1v) is 6.84. The summed E-state index contributed by atoms with van der Waals surface area (Å²) in [6.45, 7) is 7.87. The van der Waals surface area contributed by atoms with E-state index in [4.69, 9.17) is 0 Å². The van der Waals surface area contributed by atoms with E-state index in [1.165, 1.54) is 31.4 Å². The molecule has 0 aliphatic heterocycles. The lowest BCUT2D eigenvalue weighted by Gasteiger charge is -2.19. The van der Waals surface area contributed by atoms with Crippen molar-refractivity contribution >= 4 is 0 Å². The number of hydrogen-bond acceptors (Lipinski definition) is 2. The third-order valence-electron chi connectivity index (χ3n) is 3.13. The minimum Gasteiger partial charge on any atom is -0.336 e. The average molecular weight is 237 g/mol. The van der Waals surface area contributed by atoms with E-state index in [2.05, 4.69) is 42.7 Å². The Kier molecular flexibility index (Phi) is 6.27. The molecule has 0 amide bonds. The summed E-state index contributed by atoms with van der Waals surface area (Å²) in [5.41, 5.74) is 1.31. The molecule has 3 heteroatoms. The maximum absolute atomic E-state index is 4.22. The van der Waals surface area contributed by atoms with Crippen molar-refractivity contribution in [1.29, 1.82) is 0 Å². The Morgan fingerprint density at radius 3 is 2.65 bits per heavy atom. The summed E-state index contributed by atoms with van der Waals surface area (Å²) in [6.07, 6.45) is 8.85. The first-order valence-electron chi connectivity index (χ1n) is 6.84. The first kappa shape index (κ1) is 14.2. The molecule has 0 spiro atoms. The zero-order chi connectivity index (χ0) is 12.7. The molecular formula is C14H27N3. The molecule has 1 aromatic rings. The van der Waals surface area contributed by atoms with Crippen LogP contribution in [0.2, 0.25) is 0 Å². The van der Waals surface area contributed by atoms with Crippen molar-refractivity contribution in [3.8, 4) is 0 Å². The van der Waals surface area contributed by atoms with Crippen LogP contribution >= 0.6 is 0 Å². The second-order valence-electron chi connectivity index (χ2n) is 5.26. The zero-order valence-electron chi connectivity index (χ0n) is 11.7. The van der Waals surface area contributed by atoms with E-state index in [-0.39, 0.29) is 0 Å². The number of rotatable bonds is 8. The molecule has 1 rings (SSSR count). The summed E-state index contributed by atoms with van der Waals surface area (Å²) in [5.74, 6) is 0.799. The van der Waals surface area contributed by atoms with Gasteiger partial charge in [-0.15, -0.1) is 0 Å².